The SMILES string of the molecule is CC(C)c1cccnc1C(=O)Nc1cc(-c2cnc3[nH]ncc3c2)cc2n[nH]c(F)c12. The number of fused-ring (bicyclic) bond motifs is 2. The number of pyridine rings is 2. The van der Waals surface area contributed by atoms with Gasteiger partial charge in [0.05, 0.1) is 22.8 Å². The third kappa shape index (κ3) is 3.29. The minimum absolute atomic E-state index is 0.110. The summed E-state index contributed by atoms with van der Waals surface area (Å²) in [6.07, 6.45) is 4.93. The molecule has 8 nitrogen and oxygen atoms in total. The highest BCUT2D eigenvalue weighted by Crippen LogP contribution is 2.32. The average molecular weight is 415 g/mol. The van der Waals surface area contributed by atoms with Crippen LogP contribution in [0.2, 0.25) is 0 Å². The van der Waals surface area contributed by atoms with Crippen molar-refractivity contribution in [2.45, 2.75) is 19.8 Å². The van der Waals surface area contributed by atoms with Crippen molar-refractivity contribution in [2.75, 3.05) is 5.32 Å². The first-order valence-electron chi connectivity index (χ1n) is 9.74. The smallest absolute Gasteiger partial charge is 0.274 e. The summed E-state index contributed by atoms with van der Waals surface area (Å²) < 4.78 is 14.5. The molecule has 1 amide bonds. The molecule has 3 N–H and O–H groups in total. The molecule has 0 saturated heterocycles. The Morgan fingerprint density at radius 1 is 1.10 bits per heavy atom. The first-order chi connectivity index (χ1) is 15.0. The molecule has 0 aliphatic carbocycles. The quantitative estimate of drug-likeness (QED) is 0.402. The van der Waals surface area contributed by atoms with Gasteiger partial charge in [0.15, 0.2) is 5.65 Å². The van der Waals surface area contributed by atoms with Crippen molar-refractivity contribution in [1.29, 1.82) is 0 Å². The van der Waals surface area contributed by atoms with E-state index in [4.69, 9.17) is 0 Å². The second-order valence-electron chi connectivity index (χ2n) is 7.54. The van der Waals surface area contributed by atoms with Crippen molar-refractivity contribution in [1.82, 2.24) is 30.4 Å². The lowest BCUT2D eigenvalue weighted by Crippen LogP contribution is -2.17. The van der Waals surface area contributed by atoms with Crippen LogP contribution in [0, 0.1) is 5.95 Å². The number of nitrogens with one attached hydrogen (secondary N) is 3. The summed E-state index contributed by atoms with van der Waals surface area (Å²) in [7, 11) is 0. The van der Waals surface area contributed by atoms with Crippen molar-refractivity contribution >= 4 is 33.5 Å². The normalized spacial score (nSPS) is 11.5. The number of amides is 1. The number of nitrogens with zero attached hydrogens (tertiary/aromatic N) is 4. The molecule has 0 fully saturated rings. The van der Waals surface area contributed by atoms with Gasteiger partial charge < -0.3 is 5.32 Å². The van der Waals surface area contributed by atoms with E-state index in [0.717, 1.165) is 22.1 Å². The molecule has 0 spiro atoms. The number of aromatic amines is 2. The Morgan fingerprint density at radius 3 is 2.81 bits per heavy atom. The summed E-state index contributed by atoms with van der Waals surface area (Å²) in [4.78, 5) is 21.7. The molecule has 1 aromatic carbocycles. The molecule has 5 aromatic rings. The number of carbonyl (C=O) groups excluding carboxylic acids is 1. The number of aromatic nitrogens is 6. The fourth-order valence-electron chi connectivity index (χ4n) is 3.63. The van der Waals surface area contributed by atoms with Crippen molar-refractivity contribution in [3.8, 4) is 11.1 Å². The summed E-state index contributed by atoms with van der Waals surface area (Å²) in [6, 6.07) is 9.02. The van der Waals surface area contributed by atoms with Gasteiger partial charge in [-0.15, -0.1) is 0 Å². The Kier molecular flexibility index (Phi) is 4.43. The van der Waals surface area contributed by atoms with Crippen LogP contribution in [0.1, 0.15) is 35.8 Å². The Morgan fingerprint density at radius 2 is 1.97 bits per heavy atom. The molecule has 31 heavy (non-hydrogen) atoms. The minimum Gasteiger partial charge on any atom is -0.320 e. The van der Waals surface area contributed by atoms with Crippen LogP contribution in [0.25, 0.3) is 33.1 Å². The monoisotopic (exact) mass is 415 g/mol. The van der Waals surface area contributed by atoms with Crippen molar-refractivity contribution in [2.24, 2.45) is 0 Å². The Balaban J connectivity index is 1.61. The van der Waals surface area contributed by atoms with Crippen LogP contribution in [-0.2, 0) is 0 Å². The maximum absolute atomic E-state index is 14.5. The minimum atomic E-state index is -0.620. The van der Waals surface area contributed by atoms with Crippen LogP contribution in [0.4, 0.5) is 10.1 Å². The van der Waals surface area contributed by atoms with Crippen LogP contribution < -0.4 is 5.32 Å². The maximum Gasteiger partial charge on any atom is 0.274 e. The molecule has 0 bridgehead atoms. The summed E-state index contributed by atoms with van der Waals surface area (Å²) in [5.41, 5.74) is 4.00. The highest BCUT2D eigenvalue weighted by atomic mass is 19.1. The van der Waals surface area contributed by atoms with Crippen LogP contribution in [-0.4, -0.2) is 36.3 Å². The third-order valence-electron chi connectivity index (χ3n) is 5.16. The molecule has 154 valence electrons. The topological polar surface area (TPSA) is 112 Å². The molecule has 9 heteroatoms. The molecular weight excluding hydrogens is 397 g/mol. The van der Waals surface area contributed by atoms with Gasteiger partial charge in [-0.25, -0.2) is 4.98 Å². The largest absolute Gasteiger partial charge is 0.320 e. The number of halogens is 1. The molecule has 5 rings (SSSR count). The molecule has 0 aliphatic heterocycles. The van der Waals surface area contributed by atoms with E-state index in [1.54, 1.807) is 36.8 Å². The zero-order valence-corrected chi connectivity index (χ0v) is 16.8. The average Bonchev–Trinajstić information content (AvgIpc) is 3.39. The predicted molar refractivity (Wildman–Crippen MR) is 115 cm³/mol. The molecular formula is C22H18FN7O. The van der Waals surface area contributed by atoms with Crippen LogP contribution in [0.3, 0.4) is 0 Å². The second kappa shape index (κ2) is 7.28. The van der Waals surface area contributed by atoms with Gasteiger partial charge in [0.25, 0.3) is 5.91 Å². The lowest BCUT2D eigenvalue weighted by Gasteiger charge is -2.13. The number of carbonyl (C=O) groups is 1. The van der Waals surface area contributed by atoms with Gasteiger partial charge in [-0.3, -0.25) is 20.0 Å². The molecule has 0 radical (unpaired) electrons. The number of hydrogen-bond donors (Lipinski definition) is 3. The summed E-state index contributed by atoms with van der Waals surface area (Å²) >= 11 is 0. The molecule has 0 atom stereocenters. The highest BCUT2D eigenvalue weighted by molar-refractivity contribution is 6.09. The molecule has 0 aliphatic rings. The second-order valence-corrected chi connectivity index (χ2v) is 7.54. The number of benzene rings is 1. The van der Waals surface area contributed by atoms with Crippen molar-refractivity contribution in [3.05, 3.63) is 66.1 Å². The number of hydrogen-bond acceptors (Lipinski definition) is 5. The van der Waals surface area contributed by atoms with E-state index in [9.17, 15) is 9.18 Å². The van der Waals surface area contributed by atoms with Gasteiger partial charge in [-0.2, -0.15) is 14.6 Å². The van der Waals surface area contributed by atoms with Gasteiger partial charge >= 0.3 is 0 Å². The summed E-state index contributed by atoms with van der Waals surface area (Å²) in [6.45, 7) is 3.97. The first kappa shape index (κ1) is 18.9. The number of rotatable bonds is 4. The zero-order valence-electron chi connectivity index (χ0n) is 16.8. The Bertz CT molecular complexity index is 1440. The predicted octanol–water partition coefficient (Wildman–Crippen LogP) is 4.41. The third-order valence-corrected chi connectivity index (χ3v) is 5.16. The molecule has 4 heterocycles. The van der Waals surface area contributed by atoms with E-state index in [0.29, 0.717) is 22.5 Å². The molecule has 0 saturated carbocycles. The summed E-state index contributed by atoms with van der Waals surface area (Å²) in [5, 5.41) is 17.0. The summed E-state index contributed by atoms with van der Waals surface area (Å²) in [5.74, 6) is -0.920. The fourth-order valence-corrected chi connectivity index (χ4v) is 3.63. The van der Waals surface area contributed by atoms with Gasteiger partial charge in [0, 0.05) is 23.3 Å². The van der Waals surface area contributed by atoms with Gasteiger partial charge in [0.1, 0.15) is 5.69 Å². The van der Waals surface area contributed by atoms with Crippen LogP contribution in [0.5, 0.6) is 0 Å². The van der Waals surface area contributed by atoms with Crippen molar-refractivity contribution in [3.63, 3.8) is 0 Å². The standard InChI is InChI=1S/C22H18FN7O/c1-11(2)15-4-3-5-24-19(15)22(31)27-16-7-12(8-17-18(16)20(23)29-28-17)13-6-14-10-26-30-21(14)25-9-13/h3-11H,1-2H3,(H,27,31)(H,28,29)(H,25,26,30). The van der Waals surface area contributed by atoms with Crippen molar-refractivity contribution < 1.29 is 9.18 Å². The Labute approximate surface area is 175 Å². The molecule has 4 aromatic heterocycles. The van der Waals surface area contributed by atoms with E-state index < -0.39 is 11.9 Å². The van der Waals surface area contributed by atoms with E-state index in [1.165, 1.54) is 0 Å². The van der Waals surface area contributed by atoms with E-state index in [2.05, 4.69) is 35.7 Å². The van der Waals surface area contributed by atoms with E-state index in [-0.39, 0.29) is 11.3 Å². The fraction of sp³-hybridized carbons (Fsp3) is 0.136. The first-order valence-corrected chi connectivity index (χ1v) is 9.74. The lowest BCUT2D eigenvalue weighted by atomic mass is 10.0. The van der Waals surface area contributed by atoms with Gasteiger partial charge in [-0.05, 0) is 41.3 Å². The number of H-pyrrole nitrogens is 2. The number of anilines is 1. The van der Waals surface area contributed by atoms with Gasteiger partial charge in [0.2, 0.25) is 5.95 Å². The van der Waals surface area contributed by atoms with E-state index >= 15 is 0 Å². The highest BCUT2D eigenvalue weighted by Gasteiger charge is 2.19. The van der Waals surface area contributed by atoms with Crippen LogP contribution in [0.15, 0.2) is 48.9 Å². The zero-order chi connectivity index (χ0) is 21.5. The van der Waals surface area contributed by atoms with Crippen LogP contribution >= 0.6 is 0 Å². The maximum atomic E-state index is 14.5. The Hall–Kier alpha value is -4.14. The van der Waals surface area contributed by atoms with E-state index in [1.807, 2.05) is 26.0 Å². The lowest BCUT2D eigenvalue weighted by molar-refractivity contribution is 0.102. The van der Waals surface area contributed by atoms with Gasteiger partial charge in [-0.1, -0.05) is 19.9 Å². The molecule has 0 unspecified atom stereocenters.